The van der Waals surface area contributed by atoms with E-state index in [1.54, 1.807) is 19.1 Å². The van der Waals surface area contributed by atoms with Gasteiger partial charge in [-0.15, -0.1) is 0 Å². The molecule has 1 aliphatic heterocycles. The third kappa shape index (κ3) is 2.11. The van der Waals surface area contributed by atoms with Crippen molar-refractivity contribution in [2.75, 3.05) is 4.90 Å². The lowest BCUT2D eigenvalue weighted by molar-refractivity contribution is -0.137. The quantitative estimate of drug-likeness (QED) is 0.862. The van der Waals surface area contributed by atoms with Crippen LogP contribution >= 0.6 is 0 Å². The molecule has 3 rings (SSSR count). The number of nitrogens with one attached hydrogen (secondary N) is 1. The van der Waals surface area contributed by atoms with Crippen molar-refractivity contribution in [2.24, 2.45) is 0 Å². The van der Waals surface area contributed by atoms with E-state index >= 15 is 0 Å². The number of aryl methyl sites for hydroxylation is 1. The van der Waals surface area contributed by atoms with Gasteiger partial charge in [0.25, 0.3) is 5.91 Å². The molecular weight excluding hydrogens is 271 g/mol. The highest BCUT2D eigenvalue weighted by Gasteiger charge is 2.51. The summed E-state index contributed by atoms with van der Waals surface area (Å²) in [6, 6.07) is 3.94. The van der Waals surface area contributed by atoms with E-state index in [0.717, 1.165) is 18.4 Å². The van der Waals surface area contributed by atoms with Gasteiger partial charge in [0.2, 0.25) is 5.91 Å². The molecule has 1 aromatic rings. The van der Waals surface area contributed by atoms with Gasteiger partial charge >= 0.3 is 0 Å². The van der Waals surface area contributed by atoms with Crippen molar-refractivity contribution in [3.63, 3.8) is 0 Å². The van der Waals surface area contributed by atoms with E-state index < -0.39 is 17.4 Å². The third-order valence-corrected chi connectivity index (χ3v) is 4.58. The number of carbonyl (C=O) groups excluding carboxylic acids is 2. The van der Waals surface area contributed by atoms with Gasteiger partial charge in [-0.3, -0.25) is 14.5 Å². The summed E-state index contributed by atoms with van der Waals surface area (Å²) in [7, 11) is 0. The van der Waals surface area contributed by atoms with Gasteiger partial charge in [-0.05, 0) is 44.4 Å². The molecule has 1 saturated carbocycles. The van der Waals surface area contributed by atoms with E-state index in [9.17, 15) is 14.0 Å². The molecule has 1 unspecified atom stereocenters. The third-order valence-electron chi connectivity index (χ3n) is 4.58. The Morgan fingerprint density at radius 1 is 1.29 bits per heavy atom. The van der Waals surface area contributed by atoms with Crippen molar-refractivity contribution < 1.29 is 14.0 Å². The summed E-state index contributed by atoms with van der Waals surface area (Å²) in [6.07, 6.45) is 3.08. The summed E-state index contributed by atoms with van der Waals surface area (Å²) in [6.45, 7) is 3.48. The first kappa shape index (κ1) is 14.0. The normalized spacial score (nSPS) is 24.5. The standard InChI is InChI=1S/C16H19FN2O2/c1-10-5-6-12(17)13(9-10)19-11(2)14(20)18-16(15(19)21)7-3-4-8-16/h5-6,9,11H,3-4,7-8H2,1-2H3,(H,18,20). The molecule has 1 saturated heterocycles. The van der Waals surface area contributed by atoms with Gasteiger partial charge in [-0.25, -0.2) is 4.39 Å². The molecule has 1 atom stereocenters. The number of piperazine rings is 1. The second-order valence-corrected chi connectivity index (χ2v) is 6.08. The van der Waals surface area contributed by atoms with Crippen molar-refractivity contribution in [1.29, 1.82) is 0 Å². The van der Waals surface area contributed by atoms with Crippen LogP contribution in [0.3, 0.4) is 0 Å². The molecule has 112 valence electrons. The minimum absolute atomic E-state index is 0.184. The topological polar surface area (TPSA) is 49.4 Å². The fourth-order valence-corrected chi connectivity index (χ4v) is 3.36. The number of nitrogens with zero attached hydrogens (tertiary/aromatic N) is 1. The second-order valence-electron chi connectivity index (χ2n) is 6.08. The lowest BCUT2D eigenvalue weighted by Gasteiger charge is -2.43. The van der Waals surface area contributed by atoms with Crippen molar-refractivity contribution in [1.82, 2.24) is 5.32 Å². The van der Waals surface area contributed by atoms with Crippen LogP contribution in [0.5, 0.6) is 0 Å². The van der Waals surface area contributed by atoms with Crippen LogP contribution in [0, 0.1) is 12.7 Å². The van der Waals surface area contributed by atoms with Gasteiger partial charge in [0, 0.05) is 0 Å². The van der Waals surface area contributed by atoms with Gasteiger partial charge in [0.15, 0.2) is 0 Å². The van der Waals surface area contributed by atoms with Gasteiger partial charge in [-0.2, -0.15) is 0 Å². The fraction of sp³-hybridized carbons (Fsp3) is 0.500. The molecule has 1 N–H and O–H groups in total. The number of amides is 2. The first-order valence-electron chi connectivity index (χ1n) is 7.36. The molecule has 1 spiro atoms. The highest BCUT2D eigenvalue weighted by atomic mass is 19.1. The predicted molar refractivity (Wildman–Crippen MR) is 77.4 cm³/mol. The largest absolute Gasteiger partial charge is 0.340 e. The number of anilines is 1. The molecule has 2 aliphatic rings. The molecule has 1 heterocycles. The Hall–Kier alpha value is -1.91. The number of carbonyl (C=O) groups is 2. The predicted octanol–water partition coefficient (Wildman–Crippen LogP) is 2.30. The number of hydrogen-bond acceptors (Lipinski definition) is 2. The number of hydrogen-bond donors (Lipinski definition) is 1. The smallest absolute Gasteiger partial charge is 0.253 e. The number of rotatable bonds is 1. The van der Waals surface area contributed by atoms with E-state index in [-0.39, 0.29) is 17.5 Å². The highest BCUT2D eigenvalue weighted by Crippen LogP contribution is 2.37. The van der Waals surface area contributed by atoms with E-state index in [1.165, 1.54) is 11.0 Å². The summed E-state index contributed by atoms with van der Waals surface area (Å²) in [5.74, 6) is -0.863. The zero-order valence-corrected chi connectivity index (χ0v) is 12.3. The Morgan fingerprint density at radius 2 is 1.95 bits per heavy atom. The summed E-state index contributed by atoms with van der Waals surface area (Å²) in [5.41, 5.74) is 0.228. The maximum Gasteiger partial charge on any atom is 0.253 e. The minimum Gasteiger partial charge on any atom is -0.340 e. The molecule has 2 amide bonds. The molecule has 1 aliphatic carbocycles. The van der Waals surface area contributed by atoms with E-state index in [0.29, 0.717) is 12.8 Å². The van der Waals surface area contributed by atoms with Crippen LogP contribution in [0.15, 0.2) is 18.2 Å². The average molecular weight is 290 g/mol. The summed E-state index contributed by atoms with van der Waals surface area (Å²) in [5, 5.41) is 2.87. The van der Waals surface area contributed by atoms with Gasteiger partial charge in [-0.1, -0.05) is 18.9 Å². The SMILES string of the molecule is Cc1ccc(F)c(N2C(=O)C3(CCCC3)NC(=O)C2C)c1. The van der Waals surface area contributed by atoms with Crippen LogP contribution in [0.2, 0.25) is 0 Å². The van der Waals surface area contributed by atoms with Gasteiger partial charge in [0.05, 0.1) is 5.69 Å². The fourth-order valence-electron chi connectivity index (χ4n) is 3.36. The van der Waals surface area contributed by atoms with Crippen molar-refractivity contribution in [3.8, 4) is 0 Å². The van der Waals surface area contributed by atoms with Crippen molar-refractivity contribution in [2.45, 2.75) is 51.1 Å². The van der Waals surface area contributed by atoms with E-state index in [2.05, 4.69) is 5.32 Å². The maximum absolute atomic E-state index is 14.2. The second kappa shape index (κ2) is 4.83. The molecule has 21 heavy (non-hydrogen) atoms. The Balaban J connectivity index is 2.08. The molecule has 0 bridgehead atoms. The van der Waals surface area contributed by atoms with Crippen molar-refractivity contribution in [3.05, 3.63) is 29.6 Å². The van der Waals surface area contributed by atoms with Gasteiger partial charge in [0.1, 0.15) is 17.4 Å². The summed E-state index contributed by atoms with van der Waals surface area (Å²) >= 11 is 0. The number of benzene rings is 1. The molecule has 4 nitrogen and oxygen atoms in total. The molecular formula is C16H19FN2O2. The van der Waals surface area contributed by atoms with Crippen LogP contribution in [-0.2, 0) is 9.59 Å². The van der Waals surface area contributed by atoms with E-state index in [4.69, 9.17) is 0 Å². The molecule has 1 aromatic carbocycles. The lowest BCUT2D eigenvalue weighted by atomic mass is 9.90. The number of halogens is 1. The highest BCUT2D eigenvalue weighted by molar-refractivity contribution is 6.10. The van der Waals surface area contributed by atoms with Gasteiger partial charge < -0.3 is 5.32 Å². The van der Waals surface area contributed by atoms with Crippen LogP contribution in [0.1, 0.15) is 38.2 Å². The zero-order valence-electron chi connectivity index (χ0n) is 12.3. The van der Waals surface area contributed by atoms with E-state index in [1.807, 2.05) is 6.92 Å². The molecule has 0 aromatic heterocycles. The Morgan fingerprint density at radius 3 is 2.62 bits per heavy atom. The Labute approximate surface area is 123 Å². The molecule has 5 heteroatoms. The first-order valence-corrected chi connectivity index (χ1v) is 7.36. The van der Waals surface area contributed by atoms with Crippen LogP contribution in [-0.4, -0.2) is 23.4 Å². The zero-order chi connectivity index (χ0) is 15.2. The minimum atomic E-state index is -0.834. The summed E-state index contributed by atoms with van der Waals surface area (Å²) < 4.78 is 14.2. The van der Waals surface area contributed by atoms with Crippen LogP contribution in [0.4, 0.5) is 10.1 Å². The Kier molecular flexibility index (Phi) is 3.23. The van der Waals surface area contributed by atoms with Crippen LogP contribution in [0.25, 0.3) is 0 Å². The van der Waals surface area contributed by atoms with Crippen LogP contribution < -0.4 is 10.2 Å². The molecule has 0 radical (unpaired) electrons. The maximum atomic E-state index is 14.2. The average Bonchev–Trinajstić information content (AvgIpc) is 2.90. The summed E-state index contributed by atoms with van der Waals surface area (Å²) in [4.78, 5) is 26.5. The lowest BCUT2D eigenvalue weighted by Crippen LogP contribution is -2.69. The molecule has 2 fully saturated rings. The Bertz CT molecular complexity index is 608. The monoisotopic (exact) mass is 290 g/mol. The first-order chi connectivity index (χ1) is 9.94. The van der Waals surface area contributed by atoms with Crippen molar-refractivity contribution >= 4 is 17.5 Å².